The first kappa shape index (κ1) is 18.9. The monoisotopic (exact) mass is 276 g/mol. The van der Waals surface area contributed by atoms with E-state index < -0.39 is 0 Å². The lowest BCUT2D eigenvalue weighted by Crippen LogP contribution is -1.92. The summed E-state index contributed by atoms with van der Waals surface area (Å²) in [7, 11) is 0. The van der Waals surface area contributed by atoms with E-state index in [-0.39, 0.29) is 5.78 Å². The third-order valence-electron chi connectivity index (χ3n) is 3.68. The van der Waals surface area contributed by atoms with Crippen molar-refractivity contribution in [2.75, 3.05) is 0 Å². The van der Waals surface area contributed by atoms with Crippen molar-refractivity contribution in [1.82, 2.24) is 0 Å². The average molecular weight is 276 g/mol. The highest BCUT2D eigenvalue weighted by Crippen LogP contribution is 2.17. The van der Waals surface area contributed by atoms with Crippen LogP contribution >= 0.6 is 0 Å². The van der Waals surface area contributed by atoms with Crippen LogP contribution in [-0.2, 0) is 4.79 Å². The van der Waals surface area contributed by atoms with E-state index in [4.69, 9.17) is 0 Å². The Hall–Kier alpha value is -1.11. The Morgan fingerprint density at radius 1 is 0.700 bits per heavy atom. The maximum Gasteiger partial charge on any atom is 0.130 e. The zero-order chi connectivity index (χ0) is 15.5. The van der Waals surface area contributed by atoms with Crippen molar-refractivity contribution in [1.29, 1.82) is 0 Å². The third kappa shape index (κ3) is 10.8. The standard InChI is InChI=1S/C19H32O/c1-15(2)9-7-10-16(3)11-8-12-17(4)18(5)13-14-19(6)20/h9,11H,7-8,10,12-14H2,1-6H3. The van der Waals surface area contributed by atoms with Crippen LogP contribution in [0.5, 0.6) is 0 Å². The maximum absolute atomic E-state index is 11.0. The van der Waals surface area contributed by atoms with Gasteiger partial charge in [0.1, 0.15) is 5.78 Å². The molecular formula is C19H32O. The van der Waals surface area contributed by atoms with Crippen molar-refractivity contribution in [3.05, 3.63) is 34.4 Å². The molecule has 0 aromatic carbocycles. The van der Waals surface area contributed by atoms with Crippen molar-refractivity contribution in [2.24, 2.45) is 0 Å². The van der Waals surface area contributed by atoms with Crippen LogP contribution in [-0.4, -0.2) is 5.78 Å². The largest absolute Gasteiger partial charge is 0.300 e. The van der Waals surface area contributed by atoms with E-state index in [2.05, 4.69) is 46.8 Å². The first-order valence-electron chi connectivity index (χ1n) is 7.76. The van der Waals surface area contributed by atoms with Gasteiger partial charge in [0.15, 0.2) is 0 Å². The summed E-state index contributed by atoms with van der Waals surface area (Å²) >= 11 is 0. The van der Waals surface area contributed by atoms with Gasteiger partial charge in [-0.2, -0.15) is 0 Å². The van der Waals surface area contributed by atoms with E-state index in [9.17, 15) is 4.79 Å². The van der Waals surface area contributed by atoms with Crippen molar-refractivity contribution < 1.29 is 4.79 Å². The van der Waals surface area contributed by atoms with Crippen molar-refractivity contribution >= 4 is 5.78 Å². The Balaban J connectivity index is 4.10. The number of Topliss-reactive ketones (excluding diaryl/α,β-unsaturated/α-hetero) is 1. The van der Waals surface area contributed by atoms with Crippen LogP contribution in [0.4, 0.5) is 0 Å². The molecule has 20 heavy (non-hydrogen) atoms. The molecule has 0 aromatic rings. The Morgan fingerprint density at radius 3 is 1.80 bits per heavy atom. The number of allylic oxidation sites excluding steroid dienone is 6. The van der Waals surface area contributed by atoms with Gasteiger partial charge in [-0.25, -0.2) is 0 Å². The lowest BCUT2D eigenvalue weighted by molar-refractivity contribution is -0.116. The summed E-state index contributed by atoms with van der Waals surface area (Å²) in [6.07, 6.45) is 10.8. The molecule has 0 aliphatic rings. The summed E-state index contributed by atoms with van der Waals surface area (Å²) in [6.45, 7) is 12.5. The minimum absolute atomic E-state index is 0.284. The second-order valence-corrected chi connectivity index (χ2v) is 6.17. The number of rotatable bonds is 9. The van der Waals surface area contributed by atoms with Gasteiger partial charge in [-0.15, -0.1) is 0 Å². The number of carbonyl (C=O) groups is 1. The normalized spacial score (nSPS) is 13.0. The fourth-order valence-corrected chi connectivity index (χ4v) is 2.02. The lowest BCUT2D eigenvalue weighted by atomic mass is 10.00. The molecule has 1 nitrogen and oxygen atoms in total. The Kier molecular flexibility index (Phi) is 10.1. The Morgan fingerprint density at radius 2 is 1.25 bits per heavy atom. The number of hydrogen-bond donors (Lipinski definition) is 0. The predicted molar refractivity (Wildman–Crippen MR) is 89.9 cm³/mol. The molecule has 0 saturated carbocycles. The van der Waals surface area contributed by atoms with Crippen molar-refractivity contribution in [3.63, 3.8) is 0 Å². The van der Waals surface area contributed by atoms with Gasteiger partial charge in [-0.3, -0.25) is 0 Å². The molecule has 0 N–H and O–H groups in total. The lowest BCUT2D eigenvalue weighted by Gasteiger charge is -2.06. The van der Waals surface area contributed by atoms with Crippen LogP contribution in [0.25, 0.3) is 0 Å². The second-order valence-electron chi connectivity index (χ2n) is 6.17. The highest BCUT2D eigenvalue weighted by molar-refractivity contribution is 5.75. The molecule has 0 aliphatic heterocycles. The van der Waals surface area contributed by atoms with Gasteiger partial charge in [-0.05, 0) is 73.6 Å². The zero-order valence-corrected chi connectivity index (χ0v) is 14.3. The molecule has 0 spiro atoms. The first-order valence-corrected chi connectivity index (χ1v) is 7.76. The number of ketones is 1. The van der Waals surface area contributed by atoms with Crippen LogP contribution in [0.3, 0.4) is 0 Å². The van der Waals surface area contributed by atoms with Gasteiger partial charge in [0.05, 0.1) is 0 Å². The smallest absolute Gasteiger partial charge is 0.130 e. The highest BCUT2D eigenvalue weighted by atomic mass is 16.1. The van der Waals surface area contributed by atoms with Crippen LogP contribution in [0.1, 0.15) is 80.1 Å². The summed E-state index contributed by atoms with van der Waals surface area (Å²) in [4.78, 5) is 11.0. The molecule has 0 aliphatic carbocycles. The molecular weight excluding hydrogens is 244 g/mol. The van der Waals surface area contributed by atoms with Crippen LogP contribution in [0.15, 0.2) is 34.4 Å². The summed E-state index contributed by atoms with van der Waals surface area (Å²) in [5.41, 5.74) is 5.71. The van der Waals surface area contributed by atoms with E-state index in [1.807, 2.05) is 0 Å². The van der Waals surface area contributed by atoms with E-state index >= 15 is 0 Å². The highest BCUT2D eigenvalue weighted by Gasteiger charge is 1.99. The Bertz CT molecular complexity index is 390. The van der Waals surface area contributed by atoms with Crippen LogP contribution in [0.2, 0.25) is 0 Å². The van der Waals surface area contributed by atoms with Gasteiger partial charge in [-0.1, -0.05) is 34.4 Å². The Labute approximate surface area is 125 Å². The molecule has 0 atom stereocenters. The maximum atomic E-state index is 11.0. The second kappa shape index (κ2) is 10.7. The molecule has 0 fully saturated rings. The quantitative estimate of drug-likeness (QED) is 0.460. The fraction of sp³-hybridized carbons (Fsp3) is 0.632. The van der Waals surface area contributed by atoms with Crippen LogP contribution < -0.4 is 0 Å². The van der Waals surface area contributed by atoms with E-state index in [1.54, 1.807) is 6.92 Å². The summed E-state index contributed by atoms with van der Waals surface area (Å²) in [5, 5.41) is 0. The van der Waals surface area contributed by atoms with Gasteiger partial charge in [0.2, 0.25) is 0 Å². The van der Waals surface area contributed by atoms with Crippen molar-refractivity contribution in [3.8, 4) is 0 Å². The molecule has 0 radical (unpaired) electrons. The third-order valence-corrected chi connectivity index (χ3v) is 3.68. The minimum Gasteiger partial charge on any atom is -0.300 e. The molecule has 0 heterocycles. The molecule has 0 bridgehead atoms. The molecule has 1 heteroatoms. The summed E-state index contributed by atoms with van der Waals surface area (Å²) < 4.78 is 0. The fourth-order valence-electron chi connectivity index (χ4n) is 2.02. The van der Waals surface area contributed by atoms with Crippen molar-refractivity contribution in [2.45, 2.75) is 80.1 Å². The van der Waals surface area contributed by atoms with E-state index in [0.29, 0.717) is 6.42 Å². The molecule has 114 valence electrons. The average Bonchev–Trinajstić information content (AvgIpc) is 2.35. The predicted octanol–water partition coefficient (Wildman–Crippen LogP) is 6.16. The van der Waals surface area contributed by atoms with E-state index in [0.717, 1.165) is 32.1 Å². The van der Waals surface area contributed by atoms with Gasteiger partial charge < -0.3 is 4.79 Å². The topological polar surface area (TPSA) is 17.1 Å². The summed E-state index contributed by atoms with van der Waals surface area (Å²) in [6, 6.07) is 0. The summed E-state index contributed by atoms with van der Waals surface area (Å²) in [5.74, 6) is 0.284. The van der Waals surface area contributed by atoms with Gasteiger partial charge >= 0.3 is 0 Å². The zero-order valence-electron chi connectivity index (χ0n) is 14.3. The SMILES string of the molecule is CC(=O)CCC(C)=C(C)CCC=C(C)CCC=C(C)C. The number of hydrogen-bond acceptors (Lipinski definition) is 1. The van der Waals surface area contributed by atoms with E-state index in [1.165, 1.54) is 22.3 Å². The molecule has 0 aromatic heterocycles. The van der Waals surface area contributed by atoms with Gasteiger partial charge in [0, 0.05) is 6.42 Å². The first-order chi connectivity index (χ1) is 9.32. The van der Waals surface area contributed by atoms with Crippen LogP contribution in [0, 0.1) is 0 Å². The molecule has 0 amide bonds. The minimum atomic E-state index is 0.284. The molecule has 0 rings (SSSR count). The number of carbonyl (C=O) groups excluding carboxylic acids is 1. The molecule has 0 saturated heterocycles. The van der Waals surface area contributed by atoms with Gasteiger partial charge in [0.25, 0.3) is 0 Å². The molecule has 0 unspecified atom stereocenters.